The van der Waals surface area contributed by atoms with E-state index in [0.29, 0.717) is 11.6 Å². The van der Waals surface area contributed by atoms with Crippen molar-refractivity contribution in [3.05, 3.63) is 30.6 Å². The summed E-state index contributed by atoms with van der Waals surface area (Å²) in [5.74, 6) is 2.00. The summed E-state index contributed by atoms with van der Waals surface area (Å²) in [6, 6.07) is 0.105. The molecule has 6 heteroatoms. The molecule has 84 valence electrons. The van der Waals surface area contributed by atoms with E-state index >= 15 is 0 Å². The first-order valence-corrected chi connectivity index (χ1v) is 5.13. The second-order valence-corrected chi connectivity index (χ2v) is 3.41. The lowest BCUT2D eigenvalue weighted by Crippen LogP contribution is -2.12. The van der Waals surface area contributed by atoms with E-state index in [1.807, 2.05) is 0 Å². The number of hydrogen-bond acceptors (Lipinski definition) is 5. The molecule has 2 aromatic heterocycles. The molecule has 2 heterocycles. The first kappa shape index (κ1) is 10.4. The minimum atomic E-state index is 0.105. The molecular weight excluding hydrogens is 204 g/mol. The van der Waals surface area contributed by atoms with E-state index in [1.165, 1.54) is 6.20 Å². The van der Waals surface area contributed by atoms with Crippen molar-refractivity contribution >= 4 is 11.6 Å². The highest BCUT2D eigenvalue weighted by Crippen LogP contribution is 2.17. The third-order valence-corrected chi connectivity index (χ3v) is 2.25. The minimum Gasteiger partial charge on any atom is -0.382 e. The molecule has 0 spiro atoms. The van der Waals surface area contributed by atoms with Gasteiger partial charge in [0.15, 0.2) is 0 Å². The number of nitrogens with two attached hydrogens (primary N) is 1. The van der Waals surface area contributed by atoms with Crippen molar-refractivity contribution in [1.82, 2.24) is 19.9 Å². The molecule has 0 aliphatic heterocycles. The maximum absolute atomic E-state index is 5.46. The predicted molar refractivity (Wildman–Crippen MR) is 61.7 cm³/mol. The zero-order valence-corrected chi connectivity index (χ0v) is 9.01. The molecular formula is C10H14N6. The van der Waals surface area contributed by atoms with Gasteiger partial charge in [-0.25, -0.2) is 15.0 Å². The highest BCUT2D eigenvalue weighted by atomic mass is 15.1. The Labute approximate surface area is 93.3 Å². The molecule has 0 saturated carbocycles. The maximum atomic E-state index is 5.46. The number of rotatable bonds is 4. The Kier molecular flexibility index (Phi) is 3.00. The van der Waals surface area contributed by atoms with Gasteiger partial charge in [-0.2, -0.15) is 0 Å². The molecule has 1 unspecified atom stereocenters. The Morgan fingerprint density at radius 1 is 1.38 bits per heavy atom. The highest BCUT2D eigenvalue weighted by molar-refractivity contribution is 5.37. The Morgan fingerprint density at radius 3 is 2.81 bits per heavy atom. The third-order valence-electron chi connectivity index (χ3n) is 2.25. The second kappa shape index (κ2) is 4.61. The largest absolute Gasteiger partial charge is 0.382 e. The monoisotopic (exact) mass is 218 g/mol. The fraction of sp³-hybridized carbons (Fsp3) is 0.300. The maximum Gasteiger partial charge on any atom is 0.145 e. The topological polar surface area (TPSA) is 92.5 Å². The number of H-pyrrole nitrogens is 1. The van der Waals surface area contributed by atoms with Crippen LogP contribution in [0.4, 0.5) is 11.6 Å². The molecule has 0 saturated heterocycles. The van der Waals surface area contributed by atoms with Crippen LogP contribution in [0.2, 0.25) is 0 Å². The summed E-state index contributed by atoms with van der Waals surface area (Å²) < 4.78 is 0. The lowest BCUT2D eigenvalue weighted by atomic mass is 10.2. The summed E-state index contributed by atoms with van der Waals surface area (Å²) >= 11 is 0. The van der Waals surface area contributed by atoms with Crippen molar-refractivity contribution in [2.75, 3.05) is 11.1 Å². The summed E-state index contributed by atoms with van der Waals surface area (Å²) in [6.07, 6.45) is 7.57. The van der Waals surface area contributed by atoms with Crippen molar-refractivity contribution in [2.45, 2.75) is 19.4 Å². The normalized spacial score (nSPS) is 12.3. The van der Waals surface area contributed by atoms with E-state index in [0.717, 1.165) is 12.2 Å². The van der Waals surface area contributed by atoms with Gasteiger partial charge in [0.1, 0.15) is 17.5 Å². The van der Waals surface area contributed by atoms with E-state index in [4.69, 9.17) is 5.73 Å². The number of anilines is 2. The summed E-state index contributed by atoms with van der Waals surface area (Å²) in [6.45, 7) is 2.07. The van der Waals surface area contributed by atoms with Crippen LogP contribution in [0.25, 0.3) is 0 Å². The Bertz CT molecular complexity index is 421. The molecule has 0 aliphatic carbocycles. The average molecular weight is 218 g/mol. The lowest BCUT2D eigenvalue weighted by Gasteiger charge is -2.14. The van der Waals surface area contributed by atoms with Crippen LogP contribution in [0, 0.1) is 0 Å². The number of aromatic nitrogens is 4. The zero-order chi connectivity index (χ0) is 11.4. The Balaban J connectivity index is 2.10. The second-order valence-electron chi connectivity index (χ2n) is 3.41. The molecule has 16 heavy (non-hydrogen) atoms. The quantitative estimate of drug-likeness (QED) is 0.720. The van der Waals surface area contributed by atoms with E-state index < -0.39 is 0 Å². The molecule has 0 fully saturated rings. The lowest BCUT2D eigenvalue weighted by molar-refractivity contribution is 0.699. The van der Waals surface area contributed by atoms with Crippen LogP contribution < -0.4 is 11.1 Å². The van der Waals surface area contributed by atoms with Gasteiger partial charge in [0.2, 0.25) is 0 Å². The number of nitrogen functional groups attached to an aromatic ring is 1. The van der Waals surface area contributed by atoms with Crippen molar-refractivity contribution in [2.24, 2.45) is 0 Å². The number of nitrogens with zero attached hydrogens (tertiary/aromatic N) is 3. The SMILES string of the molecule is CCC(Nc1cnc(N)cn1)c1ncc[nH]1. The standard InChI is InChI=1S/C10H14N6/c1-2-7(10-12-3-4-13-10)16-9-6-14-8(11)5-15-9/h3-7H,2H2,1H3,(H2,11,14)(H,12,13)(H,15,16). The number of aromatic amines is 1. The molecule has 2 aromatic rings. The highest BCUT2D eigenvalue weighted by Gasteiger charge is 2.11. The van der Waals surface area contributed by atoms with Gasteiger partial charge in [-0.15, -0.1) is 0 Å². The Morgan fingerprint density at radius 2 is 2.25 bits per heavy atom. The van der Waals surface area contributed by atoms with Gasteiger partial charge in [0.25, 0.3) is 0 Å². The summed E-state index contributed by atoms with van der Waals surface area (Å²) in [7, 11) is 0. The summed E-state index contributed by atoms with van der Waals surface area (Å²) in [5.41, 5.74) is 5.46. The van der Waals surface area contributed by atoms with Crippen LogP contribution in [0.1, 0.15) is 25.2 Å². The van der Waals surface area contributed by atoms with Gasteiger partial charge in [-0.05, 0) is 6.42 Å². The molecule has 0 radical (unpaired) electrons. The number of nitrogens with one attached hydrogen (secondary N) is 2. The van der Waals surface area contributed by atoms with Crippen LogP contribution in [0.15, 0.2) is 24.8 Å². The van der Waals surface area contributed by atoms with Gasteiger partial charge < -0.3 is 16.0 Å². The van der Waals surface area contributed by atoms with E-state index in [2.05, 4.69) is 32.2 Å². The average Bonchev–Trinajstić information content (AvgIpc) is 2.82. The van der Waals surface area contributed by atoms with Crippen molar-refractivity contribution in [1.29, 1.82) is 0 Å². The van der Waals surface area contributed by atoms with Crippen molar-refractivity contribution < 1.29 is 0 Å². The van der Waals surface area contributed by atoms with Crippen LogP contribution >= 0.6 is 0 Å². The first-order chi connectivity index (χ1) is 7.79. The summed E-state index contributed by atoms with van der Waals surface area (Å²) in [5, 5.41) is 3.24. The van der Waals surface area contributed by atoms with Gasteiger partial charge in [0, 0.05) is 12.4 Å². The molecule has 0 aliphatic rings. The van der Waals surface area contributed by atoms with Gasteiger partial charge in [0.05, 0.1) is 18.4 Å². The minimum absolute atomic E-state index is 0.105. The van der Waals surface area contributed by atoms with E-state index in [9.17, 15) is 0 Å². The van der Waals surface area contributed by atoms with Gasteiger partial charge in [-0.1, -0.05) is 6.92 Å². The fourth-order valence-corrected chi connectivity index (χ4v) is 1.42. The molecule has 1 atom stereocenters. The number of hydrogen-bond donors (Lipinski definition) is 3. The van der Waals surface area contributed by atoms with Crippen molar-refractivity contribution in [3.63, 3.8) is 0 Å². The van der Waals surface area contributed by atoms with Crippen LogP contribution in [0.5, 0.6) is 0 Å². The predicted octanol–water partition coefficient (Wildman–Crippen LogP) is 1.35. The van der Waals surface area contributed by atoms with Crippen molar-refractivity contribution in [3.8, 4) is 0 Å². The molecule has 0 amide bonds. The fourth-order valence-electron chi connectivity index (χ4n) is 1.42. The molecule has 2 rings (SSSR count). The zero-order valence-electron chi connectivity index (χ0n) is 9.01. The smallest absolute Gasteiger partial charge is 0.145 e. The third kappa shape index (κ3) is 2.28. The van der Waals surface area contributed by atoms with Crippen LogP contribution in [0.3, 0.4) is 0 Å². The van der Waals surface area contributed by atoms with Gasteiger partial charge in [-0.3, -0.25) is 0 Å². The van der Waals surface area contributed by atoms with E-state index in [1.54, 1.807) is 18.6 Å². The van der Waals surface area contributed by atoms with Crippen LogP contribution in [-0.2, 0) is 0 Å². The molecule has 0 aromatic carbocycles. The first-order valence-electron chi connectivity index (χ1n) is 5.13. The summed E-state index contributed by atoms with van der Waals surface area (Å²) in [4.78, 5) is 15.4. The van der Waals surface area contributed by atoms with E-state index in [-0.39, 0.29) is 6.04 Å². The Hall–Kier alpha value is -2.11. The van der Waals surface area contributed by atoms with Crippen LogP contribution in [-0.4, -0.2) is 19.9 Å². The molecule has 4 N–H and O–H groups in total. The molecule has 0 bridgehead atoms. The molecule has 6 nitrogen and oxygen atoms in total. The van der Waals surface area contributed by atoms with Gasteiger partial charge >= 0.3 is 0 Å². The number of imidazole rings is 1.